The maximum Gasteiger partial charge on any atom is 0.227 e. The van der Waals surface area contributed by atoms with Crippen molar-refractivity contribution in [2.24, 2.45) is 22.5 Å². The molecule has 2 N–H and O–H groups in total. The Morgan fingerprint density at radius 3 is 2.24 bits per heavy atom. The lowest BCUT2D eigenvalue weighted by atomic mass is 9.57. The van der Waals surface area contributed by atoms with Gasteiger partial charge in [-0.15, -0.1) is 0 Å². The summed E-state index contributed by atoms with van der Waals surface area (Å²) in [4.78, 5) is 14.2. The van der Waals surface area contributed by atoms with Crippen molar-refractivity contribution < 1.29 is 4.79 Å². The van der Waals surface area contributed by atoms with E-state index < -0.39 is 0 Å². The van der Waals surface area contributed by atoms with Crippen LogP contribution in [-0.4, -0.2) is 30.4 Å². The molecule has 1 aliphatic heterocycles. The zero-order valence-corrected chi connectivity index (χ0v) is 11.5. The summed E-state index contributed by atoms with van der Waals surface area (Å²) >= 11 is 0. The van der Waals surface area contributed by atoms with E-state index in [1.165, 1.54) is 25.7 Å². The van der Waals surface area contributed by atoms with Crippen molar-refractivity contribution in [1.29, 1.82) is 0 Å². The molecule has 0 unspecified atom stereocenters. The molecule has 17 heavy (non-hydrogen) atoms. The number of rotatable bonds is 1. The first kappa shape index (κ1) is 12.9. The van der Waals surface area contributed by atoms with E-state index in [1.54, 1.807) is 0 Å². The second-order valence-corrected chi connectivity index (χ2v) is 7.05. The van der Waals surface area contributed by atoms with E-state index in [4.69, 9.17) is 5.73 Å². The molecule has 0 atom stereocenters. The van der Waals surface area contributed by atoms with Crippen molar-refractivity contribution in [3.05, 3.63) is 0 Å². The third-order valence-corrected chi connectivity index (χ3v) is 4.53. The maximum absolute atomic E-state index is 12.2. The van der Waals surface area contributed by atoms with E-state index >= 15 is 0 Å². The Morgan fingerprint density at radius 1 is 1.29 bits per heavy atom. The Bertz CT molecular complexity index is 290. The maximum atomic E-state index is 12.2. The predicted octanol–water partition coefficient (Wildman–Crippen LogP) is 2.01. The summed E-state index contributed by atoms with van der Waals surface area (Å²) in [6.45, 7) is 8.77. The third kappa shape index (κ3) is 2.49. The molecule has 0 aromatic rings. The van der Waals surface area contributed by atoms with Crippen molar-refractivity contribution >= 4 is 5.91 Å². The molecule has 1 saturated heterocycles. The van der Waals surface area contributed by atoms with E-state index in [1.807, 2.05) is 20.8 Å². The summed E-state index contributed by atoms with van der Waals surface area (Å²) in [7, 11) is 0. The van der Waals surface area contributed by atoms with Gasteiger partial charge in [0, 0.05) is 18.5 Å². The summed E-state index contributed by atoms with van der Waals surface area (Å²) in [6.07, 6.45) is 4.96. The minimum Gasteiger partial charge on any atom is -0.342 e. The molecule has 1 saturated carbocycles. The van der Waals surface area contributed by atoms with Crippen LogP contribution >= 0.6 is 0 Å². The predicted molar refractivity (Wildman–Crippen MR) is 69.5 cm³/mol. The van der Waals surface area contributed by atoms with Crippen LogP contribution in [0.3, 0.4) is 0 Å². The van der Waals surface area contributed by atoms with E-state index in [9.17, 15) is 4.79 Å². The summed E-state index contributed by atoms with van der Waals surface area (Å²) in [5.74, 6) is 1.06. The Morgan fingerprint density at radius 2 is 1.82 bits per heavy atom. The van der Waals surface area contributed by atoms with Crippen LogP contribution in [0.25, 0.3) is 0 Å². The molecule has 1 spiro atoms. The molecule has 2 fully saturated rings. The van der Waals surface area contributed by atoms with E-state index in [2.05, 4.69) is 4.90 Å². The molecule has 0 bridgehead atoms. The molecule has 0 radical (unpaired) electrons. The lowest BCUT2D eigenvalue weighted by Crippen LogP contribution is -2.51. The standard InChI is InChI=1S/C14H26N2O/c1-13(2,3)12(17)16-6-4-14(5-7-16)8-11(9-14)10-15/h11H,4-10,15H2,1-3H3. The van der Waals surface area contributed by atoms with Gasteiger partial charge in [-0.05, 0) is 43.6 Å². The lowest BCUT2D eigenvalue weighted by Gasteiger charge is -2.52. The normalized spacial score (nSPS) is 24.8. The molecule has 1 heterocycles. The second-order valence-electron chi connectivity index (χ2n) is 7.05. The van der Waals surface area contributed by atoms with Gasteiger partial charge >= 0.3 is 0 Å². The van der Waals surface area contributed by atoms with E-state index in [-0.39, 0.29) is 5.41 Å². The first-order valence-electron chi connectivity index (χ1n) is 6.86. The molecule has 0 aromatic heterocycles. The molecule has 2 aliphatic rings. The van der Waals surface area contributed by atoms with Crippen molar-refractivity contribution in [3.8, 4) is 0 Å². The average Bonchev–Trinajstić information content (AvgIpc) is 2.23. The minimum atomic E-state index is -0.232. The number of carbonyl (C=O) groups is 1. The highest BCUT2D eigenvalue weighted by molar-refractivity contribution is 5.81. The van der Waals surface area contributed by atoms with Gasteiger partial charge < -0.3 is 10.6 Å². The minimum absolute atomic E-state index is 0.232. The van der Waals surface area contributed by atoms with Gasteiger partial charge in [-0.3, -0.25) is 4.79 Å². The fourth-order valence-corrected chi connectivity index (χ4v) is 3.40. The number of amides is 1. The van der Waals surface area contributed by atoms with Gasteiger partial charge in [-0.25, -0.2) is 0 Å². The highest BCUT2D eigenvalue weighted by Gasteiger charge is 2.46. The topological polar surface area (TPSA) is 46.3 Å². The van der Waals surface area contributed by atoms with Gasteiger partial charge in [0.05, 0.1) is 0 Å². The van der Waals surface area contributed by atoms with Gasteiger partial charge in [0.25, 0.3) is 0 Å². The summed E-state index contributed by atoms with van der Waals surface area (Å²) < 4.78 is 0. The Hall–Kier alpha value is -0.570. The summed E-state index contributed by atoms with van der Waals surface area (Å²) in [5.41, 5.74) is 6.00. The first-order chi connectivity index (χ1) is 7.86. The Kier molecular flexibility index (Phi) is 3.23. The van der Waals surface area contributed by atoms with Gasteiger partial charge in [0.1, 0.15) is 0 Å². The number of piperidine rings is 1. The van der Waals surface area contributed by atoms with Crippen molar-refractivity contribution in [2.75, 3.05) is 19.6 Å². The van der Waals surface area contributed by atoms with Crippen LogP contribution in [0.5, 0.6) is 0 Å². The van der Waals surface area contributed by atoms with Gasteiger partial charge in [0.15, 0.2) is 0 Å². The third-order valence-electron chi connectivity index (χ3n) is 4.53. The molecule has 1 aliphatic carbocycles. The van der Waals surface area contributed by atoms with Crippen molar-refractivity contribution in [1.82, 2.24) is 4.90 Å². The molecule has 1 amide bonds. The Labute approximate surface area is 105 Å². The van der Waals surface area contributed by atoms with Crippen LogP contribution in [0.15, 0.2) is 0 Å². The smallest absolute Gasteiger partial charge is 0.227 e. The zero-order chi connectivity index (χ0) is 12.7. The van der Waals surface area contributed by atoms with Gasteiger partial charge in [-0.1, -0.05) is 20.8 Å². The fraction of sp³-hybridized carbons (Fsp3) is 0.929. The number of nitrogens with zero attached hydrogens (tertiary/aromatic N) is 1. The zero-order valence-electron chi connectivity index (χ0n) is 11.5. The van der Waals surface area contributed by atoms with Crippen molar-refractivity contribution in [3.63, 3.8) is 0 Å². The molecule has 3 heteroatoms. The molecule has 3 nitrogen and oxygen atoms in total. The monoisotopic (exact) mass is 238 g/mol. The SMILES string of the molecule is CC(C)(C)C(=O)N1CCC2(CC1)CC(CN)C2. The van der Waals surface area contributed by atoms with Crippen LogP contribution in [0, 0.1) is 16.7 Å². The quantitative estimate of drug-likeness (QED) is 0.759. The average molecular weight is 238 g/mol. The molecule has 2 rings (SSSR count). The molecule has 98 valence electrons. The lowest BCUT2D eigenvalue weighted by molar-refractivity contribution is -0.143. The van der Waals surface area contributed by atoms with Gasteiger partial charge in [0.2, 0.25) is 5.91 Å². The highest BCUT2D eigenvalue weighted by atomic mass is 16.2. The Balaban J connectivity index is 1.85. The second kappa shape index (κ2) is 4.27. The number of carbonyl (C=O) groups excluding carboxylic acids is 1. The molecular weight excluding hydrogens is 212 g/mol. The number of hydrogen-bond donors (Lipinski definition) is 1. The van der Waals surface area contributed by atoms with E-state index in [0.717, 1.165) is 25.6 Å². The molecular formula is C14H26N2O. The van der Waals surface area contributed by atoms with Gasteiger partial charge in [-0.2, -0.15) is 0 Å². The summed E-state index contributed by atoms with van der Waals surface area (Å²) in [6, 6.07) is 0. The highest BCUT2D eigenvalue weighted by Crippen LogP contribution is 2.52. The number of likely N-dealkylation sites (tertiary alicyclic amines) is 1. The first-order valence-corrected chi connectivity index (χ1v) is 6.86. The van der Waals surface area contributed by atoms with Crippen LogP contribution in [0.4, 0.5) is 0 Å². The van der Waals surface area contributed by atoms with E-state index in [0.29, 0.717) is 11.3 Å². The van der Waals surface area contributed by atoms with Crippen molar-refractivity contribution in [2.45, 2.75) is 46.5 Å². The largest absolute Gasteiger partial charge is 0.342 e. The van der Waals surface area contributed by atoms with Crippen LogP contribution in [-0.2, 0) is 4.79 Å². The fourth-order valence-electron chi connectivity index (χ4n) is 3.40. The number of hydrogen-bond acceptors (Lipinski definition) is 2. The summed E-state index contributed by atoms with van der Waals surface area (Å²) in [5, 5.41) is 0. The number of nitrogens with two attached hydrogens (primary N) is 1. The van der Waals surface area contributed by atoms with Crippen LogP contribution < -0.4 is 5.73 Å². The van der Waals surface area contributed by atoms with Crippen LogP contribution in [0.2, 0.25) is 0 Å². The van der Waals surface area contributed by atoms with Crippen LogP contribution in [0.1, 0.15) is 46.5 Å². The molecule has 0 aromatic carbocycles.